The molecule has 6 nitrogen and oxygen atoms in total. The number of benzene rings is 1. The molecule has 0 radical (unpaired) electrons. The zero-order chi connectivity index (χ0) is 13.3. The summed E-state index contributed by atoms with van der Waals surface area (Å²) in [4.78, 5) is 23.2. The van der Waals surface area contributed by atoms with Gasteiger partial charge in [-0.3, -0.25) is 9.32 Å². The molecule has 0 aliphatic carbocycles. The van der Waals surface area contributed by atoms with E-state index in [2.05, 4.69) is 15.1 Å². The fraction of sp³-hybridized carbons (Fsp3) is 0.182. The monoisotopic (exact) mass is 268 g/mol. The zero-order valence-corrected chi connectivity index (χ0v) is 10.5. The maximum absolute atomic E-state index is 11.9. The van der Waals surface area contributed by atoms with Gasteiger partial charge in [0, 0.05) is 10.7 Å². The van der Waals surface area contributed by atoms with Crippen molar-refractivity contribution in [3.05, 3.63) is 44.9 Å². The number of aromatic amines is 1. The highest BCUT2D eigenvalue weighted by molar-refractivity contribution is 6.31. The Morgan fingerprint density at radius 2 is 2.22 bits per heavy atom. The molecule has 0 aliphatic heterocycles. The summed E-state index contributed by atoms with van der Waals surface area (Å²) in [5.74, 6) is -0.558. The third kappa shape index (κ3) is 2.28. The molecule has 18 heavy (non-hydrogen) atoms. The van der Waals surface area contributed by atoms with Crippen LogP contribution in [0.15, 0.2) is 27.5 Å². The largest absolute Gasteiger partial charge is 0.440 e. The SMILES string of the molecule is Cc1ccc(Cl)cc1NC(=O)c1c(=O)o[nH][n+]1C. The van der Waals surface area contributed by atoms with Crippen molar-refractivity contribution in [1.29, 1.82) is 0 Å². The van der Waals surface area contributed by atoms with Crippen molar-refractivity contribution in [3.63, 3.8) is 0 Å². The number of halogens is 1. The smallest absolute Gasteiger partial charge is 0.316 e. The highest BCUT2D eigenvalue weighted by atomic mass is 35.5. The molecular formula is C11H11ClN3O3+. The number of amides is 1. The Labute approximate surface area is 107 Å². The molecule has 94 valence electrons. The first-order valence-electron chi connectivity index (χ1n) is 5.14. The third-order valence-electron chi connectivity index (χ3n) is 2.47. The van der Waals surface area contributed by atoms with Crippen molar-refractivity contribution < 1.29 is 14.0 Å². The van der Waals surface area contributed by atoms with Gasteiger partial charge in [0.2, 0.25) is 0 Å². The van der Waals surface area contributed by atoms with Crippen LogP contribution in [0.3, 0.4) is 0 Å². The van der Waals surface area contributed by atoms with Crippen molar-refractivity contribution in [1.82, 2.24) is 5.27 Å². The van der Waals surface area contributed by atoms with Gasteiger partial charge in [0.05, 0.1) is 0 Å². The van der Waals surface area contributed by atoms with Crippen molar-refractivity contribution in [2.75, 3.05) is 5.32 Å². The fourth-order valence-electron chi connectivity index (χ4n) is 1.50. The first-order valence-corrected chi connectivity index (χ1v) is 5.52. The molecule has 0 fully saturated rings. The summed E-state index contributed by atoms with van der Waals surface area (Å²) in [5, 5.41) is 5.38. The molecule has 7 heteroatoms. The molecule has 0 saturated carbocycles. The summed E-state index contributed by atoms with van der Waals surface area (Å²) >= 11 is 5.84. The van der Waals surface area contributed by atoms with Crippen molar-refractivity contribution in [2.45, 2.75) is 6.92 Å². The summed E-state index contributed by atoms with van der Waals surface area (Å²) in [7, 11) is 1.50. The number of nitrogens with one attached hydrogen (secondary N) is 2. The van der Waals surface area contributed by atoms with E-state index in [1.807, 2.05) is 6.92 Å². The molecule has 1 aromatic carbocycles. The summed E-state index contributed by atoms with van der Waals surface area (Å²) in [6.45, 7) is 1.82. The fourth-order valence-corrected chi connectivity index (χ4v) is 1.67. The standard InChI is InChI=1S/C11H10ClN3O3/c1-6-3-4-7(12)5-8(6)13-10(16)9-11(17)18-14-15(9)2/h3-5H,1-2H3,(H-,13,14,16,17)/p+1. The van der Waals surface area contributed by atoms with E-state index in [1.54, 1.807) is 18.2 Å². The number of H-pyrrole nitrogens is 1. The minimum Gasteiger partial charge on any atom is -0.316 e. The Kier molecular flexibility index (Phi) is 3.20. The molecule has 0 saturated heterocycles. The molecule has 2 N–H and O–H groups in total. The molecule has 2 rings (SSSR count). The van der Waals surface area contributed by atoms with Gasteiger partial charge in [0.15, 0.2) is 7.05 Å². The lowest BCUT2D eigenvalue weighted by Crippen LogP contribution is -2.41. The molecular weight excluding hydrogens is 258 g/mol. The van der Waals surface area contributed by atoms with Gasteiger partial charge in [-0.25, -0.2) is 4.79 Å². The summed E-state index contributed by atoms with van der Waals surface area (Å²) < 4.78 is 5.71. The molecule has 0 bridgehead atoms. The van der Waals surface area contributed by atoms with Crippen LogP contribution in [0.25, 0.3) is 0 Å². The lowest BCUT2D eigenvalue weighted by molar-refractivity contribution is -0.741. The quantitative estimate of drug-likeness (QED) is 0.798. The highest BCUT2D eigenvalue weighted by Gasteiger charge is 2.26. The Bertz CT molecular complexity index is 660. The average Bonchev–Trinajstić information content (AvgIpc) is 2.63. The molecule has 1 aromatic heterocycles. The number of hydrogen-bond donors (Lipinski definition) is 2. The molecule has 1 heterocycles. The van der Waals surface area contributed by atoms with Gasteiger partial charge in [0.25, 0.3) is 0 Å². The van der Waals surface area contributed by atoms with Gasteiger partial charge in [-0.2, -0.15) is 0 Å². The summed E-state index contributed by atoms with van der Waals surface area (Å²) in [6.07, 6.45) is 0. The number of aromatic nitrogens is 2. The van der Waals surface area contributed by atoms with Crippen LogP contribution in [0.1, 0.15) is 16.1 Å². The molecule has 0 spiro atoms. The molecule has 1 amide bonds. The van der Waals surface area contributed by atoms with E-state index in [0.29, 0.717) is 10.7 Å². The second kappa shape index (κ2) is 4.66. The van der Waals surface area contributed by atoms with Crippen LogP contribution < -0.4 is 15.6 Å². The molecule has 0 unspecified atom stereocenters. The maximum Gasteiger partial charge on any atom is 0.440 e. The van der Waals surface area contributed by atoms with Gasteiger partial charge < -0.3 is 5.32 Å². The van der Waals surface area contributed by atoms with E-state index >= 15 is 0 Å². The normalized spacial score (nSPS) is 10.4. The van der Waals surface area contributed by atoms with E-state index in [-0.39, 0.29) is 5.69 Å². The molecule has 0 aliphatic rings. The second-order valence-corrected chi connectivity index (χ2v) is 4.24. The summed E-state index contributed by atoms with van der Waals surface area (Å²) in [6, 6.07) is 5.11. The Morgan fingerprint density at radius 3 is 2.83 bits per heavy atom. The van der Waals surface area contributed by atoms with E-state index in [9.17, 15) is 9.59 Å². The van der Waals surface area contributed by atoms with Crippen molar-refractivity contribution in [2.24, 2.45) is 7.05 Å². The topological polar surface area (TPSA) is 79.0 Å². The van der Waals surface area contributed by atoms with Gasteiger partial charge in [0.1, 0.15) is 0 Å². The van der Waals surface area contributed by atoms with Crippen LogP contribution in [-0.2, 0) is 7.05 Å². The first kappa shape index (κ1) is 12.4. The Hall–Kier alpha value is -2.08. The third-order valence-corrected chi connectivity index (χ3v) is 2.70. The first-order chi connectivity index (χ1) is 8.49. The van der Waals surface area contributed by atoms with Crippen LogP contribution >= 0.6 is 11.6 Å². The van der Waals surface area contributed by atoms with Crippen LogP contribution in [0.5, 0.6) is 0 Å². The van der Waals surface area contributed by atoms with Crippen LogP contribution in [0, 0.1) is 6.92 Å². The minimum atomic E-state index is -0.727. The van der Waals surface area contributed by atoms with Gasteiger partial charge in [-0.15, -0.1) is 0 Å². The number of hydrogen-bond acceptors (Lipinski definition) is 3. The van der Waals surface area contributed by atoms with Gasteiger partial charge in [-0.05, 0) is 29.9 Å². The van der Waals surface area contributed by atoms with Crippen molar-refractivity contribution in [3.8, 4) is 0 Å². The van der Waals surface area contributed by atoms with Crippen LogP contribution in [0.2, 0.25) is 5.02 Å². The molecule has 0 atom stereocenters. The van der Waals surface area contributed by atoms with Crippen molar-refractivity contribution >= 4 is 23.2 Å². The number of rotatable bonds is 2. The lowest BCUT2D eigenvalue weighted by Gasteiger charge is -2.05. The number of anilines is 1. The van der Waals surface area contributed by atoms with E-state index in [4.69, 9.17) is 11.6 Å². The average molecular weight is 269 g/mol. The Balaban J connectivity index is 2.32. The van der Waals surface area contributed by atoms with E-state index in [0.717, 1.165) is 5.56 Å². The number of nitrogens with zero attached hydrogens (tertiary/aromatic N) is 1. The van der Waals surface area contributed by atoms with E-state index < -0.39 is 11.5 Å². The lowest BCUT2D eigenvalue weighted by atomic mass is 10.2. The summed E-state index contributed by atoms with van der Waals surface area (Å²) in [5.41, 5.74) is 0.549. The number of carbonyl (C=O) groups excluding carboxylic acids is 1. The number of carbonyl (C=O) groups is 1. The number of aryl methyl sites for hydroxylation is 2. The minimum absolute atomic E-state index is 0.116. The molecule has 2 aromatic rings. The van der Waals surface area contributed by atoms with Gasteiger partial charge in [-0.1, -0.05) is 22.3 Å². The van der Waals surface area contributed by atoms with E-state index in [1.165, 1.54) is 11.7 Å². The second-order valence-electron chi connectivity index (χ2n) is 3.80. The van der Waals surface area contributed by atoms with Gasteiger partial charge >= 0.3 is 17.2 Å². The Morgan fingerprint density at radius 1 is 1.50 bits per heavy atom. The maximum atomic E-state index is 11.9. The predicted molar refractivity (Wildman–Crippen MR) is 64.6 cm³/mol. The van der Waals surface area contributed by atoms with Crippen LogP contribution in [-0.4, -0.2) is 11.2 Å². The van der Waals surface area contributed by atoms with Crippen LogP contribution in [0.4, 0.5) is 5.69 Å². The highest BCUT2D eigenvalue weighted by Crippen LogP contribution is 2.20. The predicted octanol–water partition coefficient (Wildman–Crippen LogP) is 1.01. The zero-order valence-electron chi connectivity index (χ0n) is 9.78.